The van der Waals surface area contributed by atoms with Gasteiger partial charge in [0.2, 0.25) is 0 Å². The summed E-state index contributed by atoms with van der Waals surface area (Å²) in [5.41, 5.74) is 2.88. The molecule has 1 aliphatic rings. The molecule has 0 bridgehead atoms. The Labute approximate surface area is 156 Å². The lowest BCUT2D eigenvalue weighted by molar-refractivity contribution is -0.139. The standard InChI is InChI=1S/C20H31N3O3/c1-5-9-23-15(3)12-18(16(23)4)19(24)13-21-10-7-17(8-11-21)22(6-2)14-20(25)26/h5,12,17H,1,6-11,13-14H2,2-4H3,(H,25,26). The molecule has 1 saturated heterocycles. The summed E-state index contributed by atoms with van der Waals surface area (Å²) in [5.74, 6) is -0.621. The van der Waals surface area contributed by atoms with Gasteiger partial charge in [-0.1, -0.05) is 13.0 Å². The van der Waals surface area contributed by atoms with Gasteiger partial charge in [-0.25, -0.2) is 0 Å². The number of aliphatic carboxylic acids is 1. The summed E-state index contributed by atoms with van der Waals surface area (Å²) in [4.78, 5) is 27.9. The average molecular weight is 361 g/mol. The summed E-state index contributed by atoms with van der Waals surface area (Å²) in [6, 6.07) is 2.26. The first-order valence-electron chi connectivity index (χ1n) is 9.36. The molecule has 0 aromatic carbocycles. The van der Waals surface area contributed by atoms with Crippen LogP contribution in [0.25, 0.3) is 0 Å². The normalized spacial score (nSPS) is 16.2. The number of carboxylic acid groups (broad SMARTS) is 1. The van der Waals surface area contributed by atoms with Crippen molar-refractivity contribution in [2.75, 3.05) is 32.7 Å². The van der Waals surface area contributed by atoms with Crippen molar-refractivity contribution in [3.8, 4) is 0 Å². The molecular formula is C20H31N3O3. The van der Waals surface area contributed by atoms with Crippen molar-refractivity contribution in [1.82, 2.24) is 14.4 Å². The van der Waals surface area contributed by atoms with E-state index in [9.17, 15) is 9.59 Å². The minimum atomic E-state index is -0.778. The number of nitrogens with zero attached hydrogens (tertiary/aromatic N) is 3. The van der Waals surface area contributed by atoms with Crippen molar-refractivity contribution in [2.24, 2.45) is 0 Å². The van der Waals surface area contributed by atoms with Crippen LogP contribution in [-0.4, -0.2) is 70.0 Å². The second-order valence-electron chi connectivity index (χ2n) is 7.07. The van der Waals surface area contributed by atoms with Gasteiger partial charge in [0.25, 0.3) is 0 Å². The fourth-order valence-corrected chi connectivity index (χ4v) is 3.90. The largest absolute Gasteiger partial charge is 0.480 e. The van der Waals surface area contributed by atoms with E-state index in [0.717, 1.165) is 49.4 Å². The predicted octanol–water partition coefficient (Wildman–Crippen LogP) is 2.34. The lowest BCUT2D eigenvalue weighted by Crippen LogP contribution is -2.47. The van der Waals surface area contributed by atoms with Crippen LogP contribution in [-0.2, 0) is 11.3 Å². The molecule has 26 heavy (non-hydrogen) atoms. The van der Waals surface area contributed by atoms with E-state index in [0.29, 0.717) is 19.1 Å². The topological polar surface area (TPSA) is 65.8 Å². The van der Waals surface area contributed by atoms with Crippen LogP contribution in [0.15, 0.2) is 18.7 Å². The maximum Gasteiger partial charge on any atom is 0.317 e. The van der Waals surface area contributed by atoms with E-state index < -0.39 is 5.97 Å². The smallest absolute Gasteiger partial charge is 0.317 e. The second-order valence-corrected chi connectivity index (χ2v) is 7.07. The molecule has 1 N–H and O–H groups in total. The van der Waals surface area contributed by atoms with Crippen molar-refractivity contribution < 1.29 is 14.7 Å². The average Bonchev–Trinajstić information content (AvgIpc) is 2.89. The molecular weight excluding hydrogens is 330 g/mol. The molecule has 1 aromatic rings. The molecule has 2 heterocycles. The summed E-state index contributed by atoms with van der Waals surface area (Å²) in [6.45, 7) is 13.4. The van der Waals surface area contributed by atoms with Crippen LogP contribution in [0, 0.1) is 13.8 Å². The summed E-state index contributed by atoms with van der Waals surface area (Å²) >= 11 is 0. The zero-order chi connectivity index (χ0) is 19.3. The maximum atomic E-state index is 12.8. The number of likely N-dealkylation sites (tertiary alicyclic amines) is 1. The van der Waals surface area contributed by atoms with Crippen molar-refractivity contribution in [3.63, 3.8) is 0 Å². The minimum Gasteiger partial charge on any atom is -0.480 e. The molecule has 0 spiro atoms. The number of aryl methyl sites for hydroxylation is 1. The molecule has 0 unspecified atom stereocenters. The van der Waals surface area contributed by atoms with Crippen molar-refractivity contribution in [2.45, 2.75) is 46.2 Å². The van der Waals surface area contributed by atoms with E-state index in [-0.39, 0.29) is 12.3 Å². The highest BCUT2D eigenvalue weighted by Crippen LogP contribution is 2.19. The Morgan fingerprint density at radius 1 is 1.35 bits per heavy atom. The van der Waals surface area contributed by atoms with E-state index in [1.165, 1.54) is 0 Å². The number of hydrogen-bond donors (Lipinski definition) is 1. The highest BCUT2D eigenvalue weighted by molar-refractivity contribution is 5.99. The Bertz CT molecular complexity index is 658. The molecule has 0 saturated carbocycles. The summed E-state index contributed by atoms with van der Waals surface area (Å²) in [5, 5.41) is 9.03. The van der Waals surface area contributed by atoms with Crippen LogP contribution in [0.5, 0.6) is 0 Å². The number of hydrogen-bond acceptors (Lipinski definition) is 4. The van der Waals surface area contributed by atoms with Gasteiger partial charge in [0, 0.05) is 42.6 Å². The molecule has 1 aliphatic heterocycles. The highest BCUT2D eigenvalue weighted by atomic mass is 16.4. The third-order valence-electron chi connectivity index (χ3n) is 5.37. The first-order chi connectivity index (χ1) is 12.4. The van der Waals surface area contributed by atoms with Gasteiger partial charge in [-0.15, -0.1) is 6.58 Å². The molecule has 1 fully saturated rings. The summed E-state index contributed by atoms with van der Waals surface area (Å²) in [7, 11) is 0. The van der Waals surface area contributed by atoms with Gasteiger partial charge in [-0.2, -0.15) is 0 Å². The number of aromatic nitrogens is 1. The van der Waals surface area contributed by atoms with E-state index in [2.05, 4.69) is 16.0 Å². The van der Waals surface area contributed by atoms with Crippen LogP contribution in [0.2, 0.25) is 0 Å². The predicted molar refractivity (Wildman–Crippen MR) is 103 cm³/mol. The Morgan fingerprint density at radius 2 is 2.00 bits per heavy atom. The van der Waals surface area contributed by atoms with E-state index in [1.807, 2.05) is 37.8 Å². The summed E-state index contributed by atoms with van der Waals surface area (Å²) < 4.78 is 2.11. The highest BCUT2D eigenvalue weighted by Gasteiger charge is 2.26. The SMILES string of the molecule is C=CCn1c(C)cc(C(=O)CN2CCC(N(CC)CC(=O)O)CC2)c1C. The monoisotopic (exact) mass is 361 g/mol. The number of carboxylic acids is 1. The minimum absolute atomic E-state index is 0.0926. The first-order valence-corrected chi connectivity index (χ1v) is 9.36. The van der Waals surface area contributed by atoms with Crippen molar-refractivity contribution >= 4 is 11.8 Å². The van der Waals surface area contributed by atoms with E-state index >= 15 is 0 Å². The number of Topliss-reactive ketones (excluding diaryl/α,β-unsaturated/α-hetero) is 1. The maximum absolute atomic E-state index is 12.8. The van der Waals surface area contributed by atoms with Crippen molar-refractivity contribution in [1.29, 1.82) is 0 Å². The lowest BCUT2D eigenvalue weighted by atomic mass is 10.0. The van der Waals surface area contributed by atoms with Crippen LogP contribution in [0.1, 0.15) is 41.5 Å². The number of carbonyl (C=O) groups excluding carboxylic acids is 1. The summed E-state index contributed by atoms with van der Waals surface area (Å²) in [6.07, 6.45) is 3.66. The van der Waals surface area contributed by atoms with E-state index in [4.69, 9.17) is 5.11 Å². The lowest BCUT2D eigenvalue weighted by Gasteiger charge is -2.37. The van der Waals surface area contributed by atoms with Crippen LogP contribution in [0.4, 0.5) is 0 Å². The number of likely N-dealkylation sites (N-methyl/N-ethyl adjacent to an activating group) is 1. The van der Waals surface area contributed by atoms with Gasteiger partial charge >= 0.3 is 5.97 Å². The Hall–Kier alpha value is -1.92. The molecule has 0 amide bonds. The molecule has 0 radical (unpaired) electrons. The Balaban J connectivity index is 1.93. The van der Waals surface area contributed by atoms with Gasteiger partial charge in [0.15, 0.2) is 5.78 Å². The Kier molecular flexibility index (Phi) is 7.17. The van der Waals surface area contributed by atoms with Gasteiger partial charge in [0.1, 0.15) is 0 Å². The van der Waals surface area contributed by atoms with Gasteiger partial charge in [-0.3, -0.25) is 19.4 Å². The first kappa shape index (κ1) is 20.4. The molecule has 1 aromatic heterocycles. The Morgan fingerprint density at radius 3 is 2.54 bits per heavy atom. The number of ketones is 1. The van der Waals surface area contributed by atoms with Gasteiger partial charge in [0.05, 0.1) is 13.1 Å². The fraction of sp³-hybridized carbons (Fsp3) is 0.600. The molecule has 144 valence electrons. The number of allylic oxidation sites excluding steroid dienone is 1. The molecule has 0 aliphatic carbocycles. The van der Waals surface area contributed by atoms with Crippen LogP contribution < -0.4 is 0 Å². The quantitative estimate of drug-likeness (QED) is 0.540. The number of carbonyl (C=O) groups is 2. The zero-order valence-corrected chi connectivity index (χ0v) is 16.2. The van der Waals surface area contributed by atoms with E-state index in [1.54, 1.807) is 0 Å². The third kappa shape index (κ3) is 4.83. The fourth-order valence-electron chi connectivity index (χ4n) is 3.90. The molecule has 6 heteroatoms. The third-order valence-corrected chi connectivity index (χ3v) is 5.37. The second kappa shape index (κ2) is 9.14. The zero-order valence-electron chi connectivity index (χ0n) is 16.2. The molecule has 6 nitrogen and oxygen atoms in total. The molecule has 2 rings (SSSR count). The number of rotatable bonds is 9. The van der Waals surface area contributed by atoms with Crippen LogP contribution >= 0.6 is 0 Å². The van der Waals surface area contributed by atoms with Gasteiger partial charge < -0.3 is 9.67 Å². The van der Waals surface area contributed by atoms with Crippen molar-refractivity contribution in [3.05, 3.63) is 35.7 Å². The van der Waals surface area contributed by atoms with Gasteiger partial charge in [-0.05, 0) is 39.3 Å². The molecule has 0 atom stereocenters. The number of piperidine rings is 1. The van der Waals surface area contributed by atoms with Crippen LogP contribution in [0.3, 0.4) is 0 Å².